The molecule has 0 saturated heterocycles. The molecule has 0 aliphatic carbocycles. The molecule has 0 aliphatic rings. The summed E-state index contributed by atoms with van der Waals surface area (Å²) in [6.45, 7) is 8.20. The Morgan fingerprint density at radius 3 is 2.46 bits per heavy atom. The minimum absolute atomic E-state index is 1.18. The lowest BCUT2D eigenvalue weighted by Gasteiger charge is -2.03. The molecule has 13 heavy (non-hydrogen) atoms. The Bertz CT molecular complexity index is 142. The number of hydrogen-bond donors (Lipinski definition) is 0. The van der Waals surface area contributed by atoms with Crippen molar-refractivity contribution in [3.05, 3.63) is 24.3 Å². The molecule has 0 N–H and O–H groups in total. The van der Waals surface area contributed by atoms with E-state index in [2.05, 4.69) is 26.5 Å². The highest BCUT2D eigenvalue weighted by molar-refractivity contribution is 5.00. The molecule has 0 bridgehead atoms. The van der Waals surface area contributed by atoms with Gasteiger partial charge in [0.05, 0.1) is 0 Å². The van der Waals surface area contributed by atoms with Gasteiger partial charge in [-0.3, -0.25) is 0 Å². The molecule has 0 heterocycles. The summed E-state index contributed by atoms with van der Waals surface area (Å²) >= 11 is 0. The Morgan fingerprint density at radius 1 is 1.15 bits per heavy atom. The molecule has 0 aromatic heterocycles. The number of allylic oxidation sites excluding steroid dienone is 3. The molecule has 76 valence electrons. The van der Waals surface area contributed by atoms with E-state index in [1.54, 1.807) is 5.57 Å². The third-order valence-corrected chi connectivity index (χ3v) is 2.35. The molecule has 0 aromatic carbocycles. The molecule has 0 radical (unpaired) electrons. The molecule has 0 unspecified atom stereocenters. The molecule has 0 fully saturated rings. The molecule has 0 atom stereocenters. The van der Waals surface area contributed by atoms with Crippen LogP contribution in [0.4, 0.5) is 0 Å². The van der Waals surface area contributed by atoms with Crippen LogP contribution in [0.3, 0.4) is 0 Å². The maximum Gasteiger partial charge on any atom is -0.0320 e. The molecule has 0 rings (SSSR count). The minimum Gasteiger partial charge on any atom is -0.103 e. The van der Waals surface area contributed by atoms with E-state index in [9.17, 15) is 0 Å². The smallest absolute Gasteiger partial charge is 0.0320 e. The van der Waals surface area contributed by atoms with E-state index in [1.165, 1.54) is 44.9 Å². The molecule has 0 heteroatoms. The van der Waals surface area contributed by atoms with Gasteiger partial charge >= 0.3 is 0 Å². The monoisotopic (exact) mass is 180 g/mol. The highest BCUT2D eigenvalue weighted by Gasteiger charge is 1.93. The summed E-state index contributed by atoms with van der Waals surface area (Å²) < 4.78 is 0. The zero-order valence-electron chi connectivity index (χ0n) is 9.31. The fourth-order valence-electron chi connectivity index (χ4n) is 1.53. The van der Waals surface area contributed by atoms with Gasteiger partial charge in [-0.15, -0.1) is 6.58 Å². The second-order valence-corrected chi connectivity index (χ2v) is 3.51. The molecule has 0 aromatic rings. The fourth-order valence-corrected chi connectivity index (χ4v) is 1.53. The van der Waals surface area contributed by atoms with Crippen molar-refractivity contribution in [1.82, 2.24) is 0 Å². The lowest BCUT2D eigenvalue weighted by molar-refractivity contribution is 0.674. The van der Waals surface area contributed by atoms with Gasteiger partial charge in [-0.25, -0.2) is 0 Å². The van der Waals surface area contributed by atoms with Gasteiger partial charge in [0, 0.05) is 0 Å². The second kappa shape index (κ2) is 9.57. The average Bonchev–Trinajstić information content (AvgIpc) is 2.16. The van der Waals surface area contributed by atoms with Crippen molar-refractivity contribution in [2.75, 3.05) is 0 Å². The van der Waals surface area contributed by atoms with E-state index in [-0.39, 0.29) is 0 Å². The first-order valence-electron chi connectivity index (χ1n) is 5.63. The Balaban J connectivity index is 3.38. The van der Waals surface area contributed by atoms with Gasteiger partial charge in [0.2, 0.25) is 0 Å². The van der Waals surface area contributed by atoms with Crippen molar-refractivity contribution in [3.63, 3.8) is 0 Å². The summed E-state index contributed by atoms with van der Waals surface area (Å²) in [4.78, 5) is 0. The summed E-state index contributed by atoms with van der Waals surface area (Å²) in [5.74, 6) is 0. The maximum atomic E-state index is 3.73. The van der Waals surface area contributed by atoms with Crippen LogP contribution in [0.15, 0.2) is 24.3 Å². The normalized spacial score (nSPS) is 11.7. The third kappa shape index (κ3) is 7.83. The molecule has 0 amide bonds. The van der Waals surface area contributed by atoms with Gasteiger partial charge in [0.1, 0.15) is 0 Å². The van der Waals surface area contributed by atoms with E-state index >= 15 is 0 Å². The highest BCUT2D eigenvalue weighted by Crippen LogP contribution is 2.13. The van der Waals surface area contributed by atoms with Crippen LogP contribution in [0.2, 0.25) is 0 Å². The fraction of sp³-hybridized carbons (Fsp3) is 0.692. The van der Waals surface area contributed by atoms with E-state index in [0.717, 1.165) is 0 Å². The standard InChI is InChI=1S/C13H24/c1-4-7-8-9-10-12-13(6-3)11-5-2/h4,11H,1,5-10,12H2,2-3H3. The molecule has 0 saturated carbocycles. The summed E-state index contributed by atoms with van der Waals surface area (Å²) in [6, 6.07) is 0. The summed E-state index contributed by atoms with van der Waals surface area (Å²) in [5.41, 5.74) is 1.64. The van der Waals surface area contributed by atoms with Crippen molar-refractivity contribution < 1.29 is 0 Å². The number of hydrogen-bond acceptors (Lipinski definition) is 0. The van der Waals surface area contributed by atoms with Crippen LogP contribution in [-0.2, 0) is 0 Å². The van der Waals surface area contributed by atoms with Gasteiger partial charge in [0.15, 0.2) is 0 Å². The Hall–Kier alpha value is -0.520. The van der Waals surface area contributed by atoms with Crippen LogP contribution in [0, 0.1) is 0 Å². The molecule has 0 spiro atoms. The van der Waals surface area contributed by atoms with E-state index in [1.807, 2.05) is 6.08 Å². The first-order valence-corrected chi connectivity index (χ1v) is 5.63. The average molecular weight is 180 g/mol. The Morgan fingerprint density at radius 2 is 1.92 bits per heavy atom. The van der Waals surface area contributed by atoms with Gasteiger partial charge in [0.25, 0.3) is 0 Å². The van der Waals surface area contributed by atoms with Crippen molar-refractivity contribution in [2.45, 2.75) is 58.8 Å². The maximum absolute atomic E-state index is 3.73. The summed E-state index contributed by atoms with van der Waals surface area (Å²) in [5, 5.41) is 0. The number of rotatable bonds is 8. The first-order chi connectivity index (χ1) is 6.35. The molecular weight excluding hydrogens is 156 g/mol. The minimum atomic E-state index is 1.18. The van der Waals surface area contributed by atoms with Crippen LogP contribution in [0.5, 0.6) is 0 Å². The van der Waals surface area contributed by atoms with Crippen molar-refractivity contribution >= 4 is 0 Å². The summed E-state index contributed by atoms with van der Waals surface area (Å²) in [6.07, 6.45) is 13.3. The molecular formula is C13H24. The van der Waals surface area contributed by atoms with Crippen LogP contribution in [0.1, 0.15) is 58.8 Å². The van der Waals surface area contributed by atoms with Gasteiger partial charge in [-0.05, 0) is 38.5 Å². The van der Waals surface area contributed by atoms with Gasteiger partial charge in [-0.2, -0.15) is 0 Å². The zero-order chi connectivity index (χ0) is 9.94. The first kappa shape index (κ1) is 12.5. The predicted molar refractivity (Wildman–Crippen MR) is 61.9 cm³/mol. The van der Waals surface area contributed by atoms with Gasteiger partial charge in [-0.1, -0.05) is 38.0 Å². The zero-order valence-corrected chi connectivity index (χ0v) is 9.31. The van der Waals surface area contributed by atoms with Crippen molar-refractivity contribution in [1.29, 1.82) is 0 Å². The topological polar surface area (TPSA) is 0 Å². The lowest BCUT2D eigenvalue weighted by atomic mass is 10.0. The number of unbranched alkanes of at least 4 members (excludes halogenated alkanes) is 3. The van der Waals surface area contributed by atoms with E-state index in [0.29, 0.717) is 0 Å². The predicted octanol–water partition coefficient (Wildman–Crippen LogP) is 4.87. The van der Waals surface area contributed by atoms with E-state index in [4.69, 9.17) is 0 Å². The highest BCUT2D eigenvalue weighted by atomic mass is 14.0. The Labute approximate surface area is 83.7 Å². The lowest BCUT2D eigenvalue weighted by Crippen LogP contribution is -1.83. The Kier molecular flexibility index (Phi) is 9.18. The second-order valence-electron chi connectivity index (χ2n) is 3.51. The van der Waals surface area contributed by atoms with Crippen molar-refractivity contribution in [3.8, 4) is 0 Å². The van der Waals surface area contributed by atoms with Crippen LogP contribution < -0.4 is 0 Å². The quantitative estimate of drug-likeness (QED) is 0.369. The van der Waals surface area contributed by atoms with Crippen LogP contribution in [0.25, 0.3) is 0 Å². The summed E-state index contributed by atoms with van der Waals surface area (Å²) in [7, 11) is 0. The van der Waals surface area contributed by atoms with Crippen LogP contribution >= 0.6 is 0 Å². The van der Waals surface area contributed by atoms with Gasteiger partial charge < -0.3 is 0 Å². The van der Waals surface area contributed by atoms with E-state index < -0.39 is 0 Å². The molecule has 0 aliphatic heterocycles. The third-order valence-electron chi connectivity index (χ3n) is 2.35. The molecule has 0 nitrogen and oxygen atoms in total. The SMILES string of the molecule is C=CCCCCCC(=CCC)CC. The largest absolute Gasteiger partial charge is 0.103 e. The van der Waals surface area contributed by atoms with Crippen molar-refractivity contribution in [2.24, 2.45) is 0 Å². The van der Waals surface area contributed by atoms with Crippen LogP contribution in [-0.4, -0.2) is 0 Å².